The normalized spacial score (nSPS) is 51.4. The fourth-order valence-electron chi connectivity index (χ4n) is 9.17. The zero-order valence-electron chi connectivity index (χ0n) is 18.1. The van der Waals surface area contributed by atoms with E-state index in [0.717, 1.165) is 43.4 Å². The number of aromatic nitrogens is 4. The van der Waals surface area contributed by atoms with Crippen molar-refractivity contribution in [1.29, 1.82) is 0 Å². The predicted molar refractivity (Wildman–Crippen MR) is 108 cm³/mol. The van der Waals surface area contributed by atoms with Crippen LogP contribution >= 0.6 is 0 Å². The van der Waals surface area contributed by atoms with Crippen molar-refractivity contribution >= 4 is 5.78 Å². The number of methoxy groups -OCH3 is 1. The molecule has 7 heteroatoms. The number of ether oxygens (including phenoxy) is 1. The first-order valence-corrected chi connectivity index (χ1v) is 12.0. The first-order valence-electron chi connectivity index (χ1n) is 12.0. The molecule has 0 aromatic carbocycles. The third-order valence-electron chi connectivity index (χ3n) is 10.4. The van der Waals surface area contributed by atoms with Gasteiger partial charge in [-0.05, 0) is 91.6 Å². The molecule has 0 bridgehead atoms. The van der Waals surface area contributed by atoms with Crippen molar-refractivity contribution in [3.05, 3.63) is 6.33 Å². The first kappa shape index (κ1) is 19.4. The number of ketones is 1. The Bertz CT molecular complexity index is 830. The first-order chi connectivity index (χ1) is 14.5. The summed E-state index contributed by atoms with van der Waals surface area (Å²) in [7, 11) is 1.76. The third kappa shape index (κ3) is 2.51. The minimum Gasteiger partial charge on any atom is -0.387 e. The fourth-order valence-corrected chi connectivity index (χ4v) is 9.17. The Balaban J connectivity index is 1.20. The standard InChI is InChI=1S/C23H34N4O3/c1-22-9-7-13-14-8-10-23(29)20(21(23)30-2)16(14)4-3-15(13)17(22)5-6-18(22)19(28)11-27-25-12-24-26-27/h12-18,20-21,29H,3-11H2,1-2H3. The van der Waals surface area contributed by atoms with Crippen molar-refractivity contribution in [2.24, 2.45) is 46.8 Å². The van der Waals surface area contributed by atoms with Crippen LogP contribution in [-0.2, 0) is 16.1 Å². The van der Waals surface area contributed by atoms with Gasteiger partial charge in [-0.2, -0.15) is 4.80 Å². The number of carbonyl (C=O) groups excluding carboxylic acids is 1. The van der Waals surface area contributed by atoms with Gasteiger partial charge >= 0.3 is 0 Å². The van der Waals surface area contributed by atoms with E-state index in [2.05, 4.69) is 22.3 Å². The largest absolute Gasteiger partial charge is 0.387 e. The molecule has 1 N–H and O–H groups in total. The molecule has 164 valence electrons. The van der Waals surface area contributed by atoms with Crippen LogP contribution in [0.1, 0.15) is 58.3 Å². The summed E-state index contributed by atoms with van der Waals surface area (Å²) in [4.78, 5) is 14.6. The Morgan fingerprint density at radius 2 is 1.87 bits per heavy atom. The highest BCUT2D eigenvalue weighted by molar-refractivity contribution is 5.81. The molecule has 7 nitrogen and oxygen atoms in total. The van der Waals surface area contributed by atoms with Crippen LogP contribution in [0.3, 0.4) is 0 Å². The van der Waals surface area contributed by atoms with Gasteiger partial charge in [-0.1, -0.05) is 6.92 Å². The number of hydrogen-bond donors (Lipinski definition) is 1. The van der Waals surface area contributed by atoms with Gasteiger partial charge in [0, 0.05) is 18.9 Å². The average molecular weight is 415 g/mol. The van der Waals surface area contributed by atoms with Crippen LogP contribution in [0.4, 0.5) is 0 Å². The lowest BCUT2D eigenvalue weighted by Gasteiger charge is -2.55. The number of nitrogens with zero attached hydrogens (tertiary/aromatic N) is 4. The van der Waals surface area contributed by atoms with Gasteiger partial charge in [-0.3, -0.25) is 4.79 Å². The molecule has 0 radical (unpaired) electrons. The molecule has 6 rings (SSSR count). The summed E-state index contributed by atoms with van der Waals surface area (Å²) in [5.74, 6) is 4.34. The van der Waals surface area contributed by atoms with Gasteiger partial charge in [0.25, 0.3) is 0 Å². The quantitative estimate of drug-likeness (QED) is 0.814. The van der Waals surface area contributed by atoms with Crippen molar-refractivity contribution in [3.8, 4) is 0 Å². The Hall–Kier alpha value is -1.34. The average Bonchev–Trinajstić information content (AvgIpc) is 3.04. The molecule has 10 atom stereocenters. The molecule has 10 unspecified atom stereocenters. The van der Waals surface area contributed by atoms with Crippen LogP contribution in [0, 0.1) is 46.8 Å². The van der Waals surface area contributed by atoms with E-state index in [9.17, 15) is 9.90 Å². The molecule has 1 heterocycles. The molecule has 0 amide bonds. The maximum atomic E-state index is 13.1. The number of fused-ring (bicyclic) bond motifs is 7. The van der Waals surface area contributed by atoms with Gasteiger partial charge in [0.15, 0.2) is 12.1 Å². The highest BCUT2D eigenvalue weighted by Crippen LogP contribution is 2.69. The summed E-state index contributed by atoms with van der Waals surface area (Å²) < 4.78 is 5.66. The summed E-state index contributed by atoms with van der Waals surface area (Å²) in [5.41, 5.74) is -0.415. The summed E-state index contributed by atoms with van der Waals surface area (Å²) in [6.07, 6.45) is 10.6. The monoisotopic (exact) mass is 414 g/mol. The van der Waals surface area contributed by atoms with Crippen LogP contribution < -0.4 is 0 Å². The molecule has 0 spiro atoms. The van der Waals surface area contributed by atoms with E-state index < -0.39 is 5.60 Å². The molecule has 5 fully saturated rings. The van der Waals surface area contributed by atoms with Crippen molar-refractivity contribution in [1.82, 2.24) is 20.2 Å². The predicted octanol–water partition coefficient (Wildman–Crippen LogP) is 2.50. The Morgan fingerprint density at radius 3 is 2.63 bits per heavy atom. The minimum atomic E-state index is -0.536. The number of rotatable bonds is 4. The van der Waals surface area contributed by atoms with Crippen LogP contribution in [0.25, 0.3) is 0 Å². The van der Waals surface area contributed by atoms with Crippen LogP contribution in [0.15, 0.2) is 6.33 Å². The van der Waals surface area contributed by atoms with Crippen molar-refractivity contribution < 1.29 is 14.6 Å². The second kappa shape index (κ2) is 6.58. The summed E-state index contributed by atoms with van der Waals surface area (Å²) in [5, 5.41) is 22.6. The van der Waals surface area contributed by atoms with Gasteiger partial charge in [0.2, 0.25) is 0 Å². The minimum absolute atomic E-state index is 0.0665. The van der Waals surface area contributed by atoms with E-state index in [1.807, 2.05) is 0 Å². The summed E-state index contributed by atoms with van der Waals surface area (Å²) in [6.45, 7) is 2.65. The molecule has 5 aliphatic carbocycles. The number of tetrazole rings is 1. The maximum Gasteiger partial charge on any atom is 0.162 e. The second-order valence-electron chi connectivity index (χ2n) is 11.2. The number of hydrogen-bond acceptors (Lipinski definition) is 6. The zero-order valence-corrected chi connectivity index (χ0v) is 18.1. The van der Waals surface area contributed by atoms with Gasteiger partial charge in [-0.25, -0.2) is 0 Å². The van der Waals surface area contributed by atoms with Crippen molar-refractivity contribution in [3.63, 3.8) is 0 Å². The number of carbonyl (C=O) groups is 1. The van der Waals surface area contributed by atoms with Gasteiger partial charge in [0.1, 0.15) is 6.54 Å². The fraction of sp³-hybridized carbons (Fsp3) is 0.913. The van der Waals surface area contributed by atoms with Gasteiger partial charge in [0.05, 0.1) is 11.7 Å². The van der Waals surface area contributed by atoms with E-state index >= 15 is 0 Å². The molecular weight excluding hydrogens is 380 g/mol. The highest BCUT2D eigenvalue weighted by atomic mass is 16.5. The summed E-state index contributed by atoms with van der Waals surface area (Å²) >= 11 is 0. The number of aliphatic hydroxyl groups is 1. The van der Waals surface area contributed by atoms with E-state index in [1.54, 1.807) is 7.11 Å². The Morgan fingerprint density at radius 1 is 1.10 bits per heavy atom. The van der Waals surface area contributed by atoms with E-state index in [-0.39, 0.29) is 29.8 Å². The zero-order chi connectivity index (χ0) is 20.7. The molecule has 1 aromatic rings. The molecular formula is C23H34N4O3. The lowest BCUT2D eigenvalue weighted by Crippen LogP contribution is -2.50. The lowest BCUT2D eigenvalue weighted by atomic mass is 9.49. The highest BCUT2D eigenvalue weighted by Gasteiger charge is 2.72. The van der Waals surface area contributed by atoms with Crippen molar-refractivity contribution in [2.45, 2.75) is 76.5 Å². The Kier molecular flexibility index (Phi) is 4.24. The number of Topliss-reactive ketones (excluding diaryl/α,β-unsaturated/α-hetero) is 1. The smallest absolute Gasteiger partial charge is 0.162 e. The van der Waals surface area contributed by atoms with Gasteiger partial charge < -0.3 is 9.84 Å². The molecule has 5 saturated carbocycles. The van der Waals surface area contributed by atoms with Crippen molar-refractivity contribution in [2.75, 3.05) is 7.11 Å². The molecule has 0 aliphatic heterocycles. The van der Waals surface area contributed by atoms with Gasteiger partial charge in [-0.15, -0.1) is 10.2 Å². The van der Waals surface area contributed by atoms with Crippen LogP contribution in [0.2, 0.25) is 0 Å². The second-order valence-corrected chi connectivity index (χ2v) is 11.2. The SMILES string of the molecule is COC1C2C3CCC4C(CCC5(C)C(C(=O)Cn6ncnn6)CCC45)C3CCC12O. The Labute approximate surface area is 177 Å². The maximum absolute atomic E-state index is 13.1. The molecule has 0 saturated heterocycles. The lowest BCUT2D eigenvalue weighted by molar-refractivity contribution is -0.132. The third-order valence-corrected chi connectivity index (χ3v) is 10.4. The van der Waals surface area contributed by atoms with E-state index in [0.29, 0.717) is 17.8 Å². The van der Waals surface area contributed by atoms with Crippen LogP contribution in [0.5, 0.6) is 0 Å². The molecule has 5 aliphatic rings. The molecule has 30 heavy (non-hydrogen) atoms. The van der Waals surface area contributed by atoms with Crippen LogP contribution in [-0.4, -0.2) is 49.9 Å². The summed E-state index contributed by atoms with van der Waals surface area (Å²) in [6, 6.07) is 0. The van der Waals surface area contributed by atoms with E-state index in [1.165, 1.54) is 36.8 Å². The topological polar surface area (TPSA) is 90.1 Å². The van der Waals surface area contributed by atoms with E-state index in [4.69, 9.17) is 4.74 Å². The molecule has 1 aromatic heterocycles.